The lowest BCUT2D eigenvalue weighted by molar-refractivity contribution is 0.0644. The first-order valence-electron chi connectivity index (χ1n) is 7.95. The Balaban J connectivity index is 1.56. The smallest absolute Gasteiger partial charge is 0.253 e. The number of rotatable bonds is 3. The van der Waals surface area contributed by atoms with Gasteiger partial charge in [0.15, 0.2) is 0 Å². The fourth-order valence-corrected chi connectivity index (χ4v) is 3.46. The van der Waals surface area contributed by atoms with Crippen molar-refractivity contribution in [3.05, 3.63) is 29.8 Å². The largest absolute Gasteiger partial charge is 0.497 e. The maximum atomic E-state index is 12.5. The molecule has 4 nitrogen and oxygen atoms in total. The summed E-state index contributed by atoms with van der Waals surface area (Å²) >= 11 is 0. The normalized spacial score (nSPS) is 20.7. The number of benzene rings is 1. The lowest BCUT2D eigenvalue weighted by atomic mass is 10.0. The van der Waals surface area contributed by atoms with E-state index in [2.05, 4.69) is 4.90 Å². The number of carbonyl (C=O) groups is 1. The molecule has 4 heteroatoms. The van der Waals surface area contributed by atoms with Crippen molar-refractivity contribution in [3.8, 4) is 5.75 Å². The van der Waals surface area contributed by atoms with Gasteiger partial charge in [-0.15, -0.1) is 0 Å². The monoisotopic (exact) mass is 288 g/mol. The quantitative estimate of drug-likeness (QED) is 0.856. The Kier molecular flexibility index (Phi) is 4.44. The van der Waals surface area contributed by atoms with Gasteiger partial charge in [0, 0.05) is 24.7 Å². The highest BCUT2D eigenvalue weighted by Gasteiger charge is 2.28. The Morgan fingerprint density at radius 2 is 1.67 bits per heavy atom. The lowest BCUT2D eigenvalue weighted by Crippen LogP contribution is -2.45. The van der Waals surface area contributed by atoms with Crippen LogP contribution in [0.15, 0.2) is 24.3 Å². The van der Waals surface area contributed by atoms with Gasteiger partial charge in [0.05, 0.1) is 7.11 Å². The second-order valence-corrected chi connectivity index (χ2v) is 5.99. The second kappa shape index (κ2) is 6.48. The van der Waals surface area contributed by atoms with Crippen LogP contribution in [-0.4, -0.2) is 55.0 Å². The first-order chi connectivity index (χ1) is 10.3. The van der Waals surface area contributed by atoms with Crippen molar-refractivity contribution in [1.29, 1.82) is 0 Å². The van der Waals surface area contributed by atoms with Crippen LogP contribution in [0.3, 0.4) is 0 Å². The minimum atomic E-state index is 0.150. The van der Waals surface area contributed by atoms with Gasteiger partial charge in [-0.1, -0.05) is 0 Å². The van der Waals surface area contributed by atoms with Crippen molar-refractivity contribution in [2.24, 2.45) is 0 Å². The van der Waals surface area contributed by atoms with Crippen molar-refractivity contribution in [3.63, 3.8) is 0 Å². The van der Waals surface area contributed by atoms with Gasteiger partial charge in [-0.05, 0) is 63.0 Å². The standard InChI is InChI=1S/C17H24N2O2/c1-21-16-6-4-14(5-7-16)17(20)19-12-8-15(9-13-19)18-10-2-3-11-18/h4-7,15H,2-3,8-13H2,1H3. The van der Waals surface area contributed by atoms with Crippen LogP contribution in [0.1, 0.15) is 36.0 Å². The molecule has 0 spiro atoms. The summed E-state index contributed by atoms with van der Waals surface area (Å²) in [5.41, 5.74) is 0.760. The molecule has 1 aromatic carbocycles. The molecule has 21 heavy (non-hydrogen) atoms. The summed E-state index contributed by atoms with van der Waals surface area (Å²) in [6.45, 7) is 4.26. The van der Waals surface area contributed by atoms with Crippen LogP contribution in [-0.2, 0) is 0 Å². The summed E-state index contributed by atoms with van der Waals surface area (Å²) in [7, 11) is 1.64. The van der Waals surface area contributed by atoms with Crippen LogP contribution in [0.2, 0.25) is 0 Å². The van der Waals surface area contributed by atoms with E-state index in [0.29, 0.717) is 6.04 Å². The Hall–Kier alpha value is -1.55. The van der Waals surface area contributed by atoms with Gasteiger partial charge in [-0.25, -0.2) is 0 Å². The van der Waals surface area contributed by atoms with E-state index in [4.69, 9.17) is 4.74 Å². The van der Waals surface area contributed by atoms with Gasteiger partial charge in [0.1, 0.15) is 5.75 Å². The summed E-state index contributed by atoms with van der Waals surface area (Å²) in [5.74, 6) is 0.941. The van der Waals surface area contributed by atoms with Crippen LogP contribution in [0.25, 0.3) is 0 Å². The molecule has 0 aliphatic carbocycles. The topological polar surface area (TPSA) is 32.8 Å². The Labute approximate surface area is 126 Å². The van der Waals surface area contributed by atoms with Gasteiger partial charge in [-0.3, -0.25) is 4.79 Å². The van der Waals surface area contributed by atoms with E-state index in [1.807, 2.05) is 29.2 Å². The maximum absolute atomic E-state index is 12.5. The fraction of sp³-hybridized carbons (Fsp3) is 0.588. The van der Waals surface area contributed by atoms with Crippen molar-refractivity contribution >= 4 is 5.91 Å². The molecule has 0 atom stereocenters. The van der Waals surface area contributed by atoms with E-state index in [-0.39, 0.29) is 5.91 Å². The first-order valence-corrected chi connectivity index (χ1v) is 7.95. The highest BCUT2D eigenvalue weighted by molar-refractivity contribution is 5.94. The summed E-state index contributed by atoms with van der Waals surface area (Å²) in [6, 6.07) is 8.10. The van der Waals surface area contributed by atoms with Crippen molar-refractivity contribution in [2.45, 2.75) is 31.7 Å². The SMILES string of the molecule is COc1ccc(C(=O)N2CCC(N3CCCC3)CC2)cc1. The molecule has 0 N–H and O–H groups in total. The van der Waals surface area contributed by atoms with E-state index in [1.165, 1.54) is 25.9 Å². The molecular formula is C17H24N2O2. The van der Waals surface area contributed by atoms with E-state index < -0.39 is 0 Å². The third-order valence-electron chi connectivity index (χ3n) is 4.75. The molecule has 3 rings (SSSR count). The van der Waals surface area contributed by atoms with Gasteiger partial charge < -0.3 is 14.5 Å². The number of methoxy groups -OCH3 is 1. The van der Waals surface area contributed by atoms with E-state index in [1.54, 1.807) is 7.11 Å². The molecule has 0 bridgehead atoms. The zero-order chi connectivity index (χ0) is 14.7. The van der Waals surface area contributed by atoms with Crippen LogP contribution >= 0.6 is 0 Å². The van der Waals surface area contributed by atoms with Gasteiger partial charge in [0.25, 0.3) is 5.91 Å². The van der Waals surface area contributed by atoms with Gasteiger partial charge in [-0.2, -0.15) is 0 Å². The maximum Gasteiger partial charge on any atom is 0.253 e. The minimum Gasteiger partial charge on any atom is -0.497 e. The van der Waals surface area contributed by atoms with E-state index >= 15 is 0 Å². The minimum absolute atomic E-state index is 0.150. The molecule has 1 aromatic rings. The van der Waals surface area contributed by atoms with Crippen molar-refractivity contribution in [2.75, 3.05) is 33.3 Å². The zero-order valence-electron chi connectivity index (χ0n) is 12.8. The Morgan fingerprint density at radius 1 is 1.05 bits per heavy atom. The summed E-state index contributed by atoms with van der Waals surface area (Å²) < 4.78 is 5.14. The predicted molar refractivity (Wildman–Crippen MR) is 82.7 cm³/mol. The molecule has 1 amide bonds. The molecule has 2 fully saturated rings. The summed E-state index contributed by atoms with van der Waals surface area (Å²) in [5, 5.41) is 0. The Bertz CT molecular complexity index is 472. The average Bonchev–Trinajstić information content (AvgIpc) is 3.09. The number of hydrogen-bond acceptors (Lipinski definition) is 3. The lowest BCUT2D eigenvalue weighted by Gasteiger charge is -2.36. The first kappa shape index (κ1) is 14.4. The molecule has 114 valence electrons. The third kappa shape index (κ3) is 3.21. The highest BCUT2D eigenvalue weighted by Crippen LogP contribution is 2.22. The summed E-state index contributed by atoms with van der Waals surface area (Å²) in [4.78, 5) is 17.1. The number of carbonyl (C=O) groups excluding carboxylic acids is 1. The second-order valence-electron chi connectivity index (χ2n) is 5.99. The fourth-order valence-electron chi connectivity index (χ4n) is 3.46. The van der Waals surface area contributed by atoms with Crippen LogP contribution in [0.5, 0.6) is 5.75 Å². The molecule has 2 saturated heterocycles. The Morgan fingerprint density at radius 3 is 2.24 bits per heavy atom. The number of ether oxygens (including phenoxy) is 1. The van der Waals surface area contributed by atoms with Gasteiger partial charge >= 0.3 is 0 Å². The molecule has 2 aliphatic rings. The number of nitrogens with zero attached hydrogens (tertiary/aromatic N) is 2. The van der Waals surface area contributed by atoms with Crippen LogP contribution in [0, 0.1) is 0 Å². The predicted octanol–water partition coefficient (Wildman–Crippen LogP) is 2.40. The molecule has 0 radical (unpaired) electrons. The van der Waals surface area contributed by atoms with Crippen LogP contribution in [0.4, 0.5) is 0 Å². The number of amides is 1. The molecule has 0 saturated carbocycles. The number of hydrogen-bond donors (Lipinski definition) is 0. The summed E-state index contributed by atoms with van der Waals surface area (Å²) in [6.07, 6.45) is 4.90. The van der Waals surface area contributed by atoms with Gasteiger partial charge in [0.2, 0.25) is 0 Å². The molecular weight excluding hydrogens is 264 g/mol. The average molecular weight is 288 g/mol. The number of likely N-dealkylation sites (tertiary alicyclic amines) is 2. The van der Waals surface area contributed by atoms with E-state index in [9.17, 15) is 4.79 Å². The van der Waals surface area contributed by atoms with Crippen LogP contribution < -0.4 is 4.74 Å². The molecule has 2 heterocycles. The highest BCUT2D eigenvalue weighted by atomic mass is 16.5. The van der Waals surface area contributed by atoms with Crippen molar-refractivity contribution in [1.82, 2.24) is 9.80 Å². The molecule has 2 aliphatic heterocycles. The third-order valence-corrected chi connectivity index (χ3v) is 4.75. The number of piperidine rings is 1. The molecule has 0 aromatic heterocycles. The molecule has 0 unspecified atom stereocenters. The van der Waals surface area contributed by atoms with Crippen molar-refractivity contribution < 1.29 is 9.53 Å². The van der Waals surface area contributed by atoms with E-state index in [0.717, 1.165) is 37.2 Å². The zero-order valence-corrected chi connectivity index (χ0v) is 12.8.